The van der Waals surface area contributed by atoms with Crippen molar-refractivity contribution >= 4 is 0 Å². The van der Waals surface area contributed by atoms with Crippen LogP contribution < -0.4 is 0 Å². The largest absolute Gasteiger partial charge is 0.303 e. The molecule has 0 spiro atoms. The average molecular weight is 211 g/mol. The predicted molar refractivity (Wildman–Crippen MR) is 68.2 cm³/mol. The van der Waals surface area contributed by atoms with Gasteiger partial charge in [0.1, 0.15) is 0 Å². The minimum atomic E-state index is 0.953. The molecule has 0 saturated carbocycles. The van der Waals surface area contributed by atoms with Crippen LogP contribution >= 0.6 is 0 Å². The lowest BCUT2D eigenvalue weighted by Crippen LogP contribution is -2.21. The molecule has 1 rings (SSSR count). The van der Waals surface area contributed by atoms with E-state index < -0.39 is 0 Å². The summed E-state index contributed by atoms with van der Waals surface area (Å²) < 4.78 is 0. The molecule has 1 fully saturated rings. The summed E-state index contributed by atoms with van der Waals surface area (Å²) in [6, 6.07) is 0. The minimum absolute atomic E-state index is 0.953. The molecule has 1 heterocycles. The van der Waals surface area contributed by atoms with Gasteiger partial charge in [0.2, 0.25) is 0 Å². The SMILES string of the molecule is CCCCCCCCCN1CCC(C)C1. The Morgan fingerprint density at radius 3 is 2.27 bits per heavy atom. The van der Waals surface area contributed by atoms with Gasteiger partial charge in [0.25, 0.3) is 0 Å². The van der Waals surface area contributed by atoms with Crippen molar-refractivity contribution in [3.05, 3.63) is 0 Å². The molecule has 0 aromatic carbocycles. The van der Waals surface area contributed by atoms with Crippen LogP contribution in [0.25, 0.3) is 0 Å². The van der Waals surface area contributed by atoms with Gasteiger partial charge < -0.3 is 4.90 Å². The van der Waals surface area contributed by atoms with E-state index in [4.69, 9.17) is 0 Å². The summed E-state index contributed by atoms with van der Waals surface area (Å²) in [7, 11) is 0. The van der Waals surface area contributed by atoms with Crippen molar-refractivity contribution in [3.8, 4) is 0 Å². The van der Waals surface area contributed by atoms with Gasteiger partial charge in [0.15, 0.2) is 0 Å². The molecule has 0 bridgehead atoms. The summed E-state index contributed by atoms with van der Waals surface area (Å²) in [5, 5.41) is 0. The lowest BCUT2D eigenvalue weighted by atomic mass is 10.1. The topological polar surface area (TPSA) is 3.24 Å². The Hall–Kier alpha value is -0.0400. The first kappa shape index (κ1) is 13.0. The zero-order valence-electron chi connectivity index (χ0n) is 10.8. The molecule has 0 radical (unpaired) electrons. The van der Waals surface area contributed by atoms with Crippen molar-refractivity contribution in [1.29, 1.82) is 0 Å². The standard InChI is InChI=1S/C14H29N/c1-3-4-5-6-7-8-9-11-15-12-10-14(2)13-15/h14H,3-13H2,1-2H3. The van der Waals surface area contributed by atoms with Crippen LogP contribution in [0.2, 0.25) is 0 Å². The zero-order chi connectivity index (χ0) is 10.9. The van der Waals surface area contributed by atoms with E-state index in [0.717, 1.165) is 5.92 Å². The van der Waals surface area contributed by atoms with Gasteiger partial charge >= 0.3 is 0 Å². The Balaban J connectivity index is 1.81. The lowest BCUT2D eigenvalue weighted by Gasteiger charge is -2.14. The van der Waals surface area contributed by atoms with Crippen molar-refractivity contribution in [2.24, 2.45) is 5.92 Å². The van der Waals surface area contributed by atoms with Crippen molar-refractivity contribution in [1.82, 2.24) is 4.90 Å². The fraction of sp³-hybridized carbons (Fsp3) is 1.00. The van der Waals surface area contributed by atoms with Crippen molar-refractivity contribution in [2.75, 3.05) is 19.6 Å². The van der Waals surface area contributed by atoms with Gasteiger partial charge in [0.05, 0.1) is 0 Å². The molecular formula is C14H29N. The van der Waals surface area contributed by atoms with E-state index in [2.05, 4.69) is 18.7 Å². The van der Waals surface area contributed by atoms with E-state index in [1.807, 2.05) is 0 Å². The molecule has 1 unspecified atom stereocenters. The minimum Gasteiger partial charge on any atom is -0.303 e. The highest BCUT2D eigenvalue weighted by Gasteiger charge is 2.17. The van der Waals surface area contributed by atoms with Gasteiger partial charge in [-0.1, -0.05) is 52.4 Å². The maximum absolute atomic E-state index is 2.65. The Morgan fingerprint density at radius 1 is 1.00 bits per heavy atom. The smallest absolute Gasteiger partial charge is 0.000750 e. The van der Waals surface area contributed by atoms with Crippen LogP contribution in [-0.4, -0.2) is 24.5 Å². The highest BCUT2D eigenvalue weighted by molar-refractivity contribution is 4.71. The highest BCUT2D eigenvalue weighted by Crippen LogP contribution is 2.16. The van der Waals surface area contributed by atoms with Crippen LogP contribution in [0, 0.1) is 5.92 Å². The van der Waals surface area contributed by atoms with E-state index >= 15 is 0 Å². The van der Waals surface area contributed by atoms with E-state index in [1.165, 1.54) is 71.0 Å². The third-order valence-corrected chi connectivity index (χ3v) is 3.59. The first-order valence-corrected chi connectivity index (χ1v) is 7.05. The Bertz CT molecular complexity index is 144. The number of nitrogens with zero attached hydrogens (tertiary/aromatic N) is 1. The molecule has 0 aromatic rings. The quantitative estimate of drug-likeness (QED) is 0.547. The number of rotatable bonds is 8. The molecule has 1 saturated heterocycles. The van der Waals surface area contributed by atoms with Crippen LogP contribution in [-0.2, 0) is 0 Å². The van der Waals surface area contributed by atoms with Crippen molar-refractivity contribution in [2.45, 2.75) is 65.2 Å². The van der Waals surface area contributed by atoms with Gasteiger partial charge in [-0.3, -0.25) is 0 Å². The monoisotopic (exact) mass is 211 g/mol. The van der Waals surface area contributed by atoms with Gasteiger partial charge in [-0.15, -0.1) is 0 Å². The summed E-state index contributed by atoms with van der Waals surface area (Å²) in [5.74, 6) is 0.953. The van der Waals surface area contributed by atoms with E-state index in [0.29, 0.717) is 0 Å². The maximum atomic E-state index is 2.65. The molecule has 1 atom stereocenters. The second kappa shape index (κ2) is 8.15. The number of unbranched alkanes of at least 4 members (excludes halogenated alkanes) is 6. The molecular weight excluding hydrogens is 182 g/mol. The first-order chi connectivity index (χ1) is 7.33. The second-order valence-corrected chi connectivity index (χ2v) is 5.32. The Kier molecular flexibility index (Phi) is 7.08. The molecule has 0 amide bonds. The van der Waals surface area contributed by atoms with Crippen LogP contribution in [0.1, 0.15) is 65.2 Å². The van der Waals surface area contributed by atoms with Gasteiger partial charge in [-0.05, 0) is 31.8 Å². The Labute approximate surface area is 96.2 Å². The fourth-order valence-corrected chi connectivity index (χ4v) is 2.52. The van der Waals surface area contributed by atoms with E-state index in [9.17, 15) is 0 Å². The van der Waals surface area contributed by atoms with E-state index in [-0.39, 0.29) is 0 Å². The summed E-state index contributed by atoms with van der Waals surface area (Å²) in [5.41, 5.74) is 0. The summed E-state index contributed by atoms with van der Waals surface area (Å²) >= 11 is 0. The van der Waals surface area contributed by atoms with Crippen LogP contribution in [0.3, 0.4) is 0 Å². The molecule has 1 nitrogen and oxygen atoms in total. The molecule has 0 aromatic heterocycles. The first-order valence-electron chi connectivity index (χ1n) is 7.05. The Morgan fingerprint density at radius 2 is 1.67 bits per heavy atom. The predicted octanol–water partition coefficient (Wildman–Crippen LogP) is 4.08. The molecule has 15 heavy (non-hydrogen) atoms. The second-order valence-electron chi connectivity index (χ2n) is 5.32. The van der Waals surface area contributed by atoms with Crippen LogP contribution in [0.5, 0.6) is 0 Å². The number of likely N-dealkylation sites (tertiary alicyclic amines) is 1. The van der Waals surface area contributed by atoms with Crippen molar-refractivity contribution < 1.29 is 0 Å². The fourth-order valence-electron chi connectivity index (χ4n) is 2.52. The normalized spacial score (nSPS) is 22.4. The summed E-state index contributed by atoms with van der Waals surface area (Å²) in [6.07, 6.45) is 11.5. The number of hydrogen-bond donors (Lipinski definition) is 0. The van der Waals surface area contributed by atoms with Gasteiger partial charge in [-0.2, -0.15) is 0 Å². The third-order valence-electron chi connectivity index (χ3n) is 3.59. The molecule has 0 N–H and O–H groups in total. The van der Waals surface area contributed by atoms with Gasteiger partial charge in [-0.25, -0.2) is 0 Å². The van der Waals surface area contributed by atoms with Gasteiger partial charge in [0, 0.05) is 6.54 Å². The highest BCUT2D eigenvalue weighted by atomic mass is 15.1. The lowest BCUT2D eigenvalue weighted by molar-refractivity contribution is 0.317. The van der Waals surface area contributed by atoms with Crippen LogP contribution in [0.15, 0.2) is 0 Å². The third kappa shape index (κ3) is 6.19. The zero-order valence-corrected chi connectivity index (χ0v) is 10.8. The molecule has 1 aliphatic rings. The molecule has 1 aliphatic heterocycles. The van der Waals surface area contributed by atoms with Crippen molar-refractivity contribution in [3.63, 3.8) is 0 Å². The molecule has 0 aliphatic carbocycles. The van der Waals surface area contributed by atoms with Crippen LogP contribution in [0.4, 0.5) is 0 Å². The number of hydrogen-bond acceptors (Lipinski definition) is 1. The molecule has 90 valence electrons. The summed E-state index contributed by atoms with van der Waals surface area (Å²) in [4.78, 5) is 2.65. The van der Waals surface area contributed by atoms with E-state index in [1.54, 1.807) is 0 Å². The maximum Gasteiger partial charge on any atom is 0.000750 e. The average Bonchev–Trinajstić information content (AvgIpc) is 2.63. The molecule has 1 heteroatoms. The summed E-state index contributed by atoms with van der Waals surface area (Å²) in [6.45, 7) is 8.74.